The zero-order valence-electron chi connectivity index (χ0n) is 16.7. The molecule has 3 rings (SSSR count). The van der Waals surface area contributed by atoms with Crippen molar-refractivity contribution in [1.82, 2.24) is 20.6 Å². The first kappa shape index (κ1) is 24.2. The van der Waals surface area contributed by atoms with E-state index in [9.17, 15) is 23.1 Å². The van der Waals surface area contributed by atoms with Crippen molar-refractivity contribution in [2.75, 3.05) is 13.1 Å². The Morgan fingerprint density at radius 3 is 2.29 bits per heavy atom. The van der Waals surface area contributed by atoms with E-state index in [1.54, 1.807) is 0 Å². The molecule has 8 nitrogen and oxygen atoms in total. The van der Waals surface area contributed by atoms with Crippen LogP contribution in [0.5, 0.6) is 0 Å². The fourth-order valence-corrected chi connectivity index (χ4v) is 2.74. The standard InChI is InChI=1S/C18H22N4O2.C2HF3O2/c1-12-4-6-13(7-5-12)16(23)11-22-18(24)14-9-20-17(21-10-14)15-3-2-8-19-15;3-2(4,5)1(6)7/h4-7,9-10,15-16,19,23H,2-3,8,11H2,1H3,(H,22,24);(H,6,7). The summed E-state index contributed by atoms with van der Waals surface area (Å²) >= 11 is 0. The summed E-state index contributed by atoms with van der Waals surface area (Å²) in [5.41, 5.74) is 2.30. The van der Waals surface area contributed by atoms with Crippen molar-refractivity contribution in [1.29, 1.82) is 0 Å². The molecule has 2 aromatic rings. The maximum Gasteiger partial charge on any atom is 0.490 e. The number of benzene rings is 1. The van der Waals surface area contributed by atoms with Crippen LogP contribution in [0.3, 0.4) is 0 Å². The third kappa shape index (κ3) is 7.61. The zero-order valence-corrected chi connectivity index (χ0v) is 16.7. The lowest BCUT2D eigenvalue weighted by Crippen LogP contribution is -2.28. The second-order valence-electron chi connectivity index (χ2n) is 6.92. The van der Waals surface area contributed by atoms with Gasteiger partial charge >= 0.3 is 12.1 Å². The number of nitrogens with one attached hydrogen (secondary N) is 2. The normalized spacial score (nSPS) is 16.7. The smallest absolute Gasteiger partial charge is 0.475 e. The molecule has 0 radical (unpaired) electrons. The Balaban J connectivity index is 0.000000423. The monoisotopic (exact) mass is 440 g/mol. The minimum atomic E-state index is -5.08. The molecule has 31 heavy (non-hydrogen) atoms. The van der Waals surface area contributed by atoms with Crippen LogP contribution in [0.4, 0.5) is 13.2 Å². The van der Waals surface area contributed by atoms with Crippen LogP contribution < -0.4 is 10.6 Å². The summed E-state index contributed by atoms with van der Waals surface area (Å²) in [4.78, 5) is 29.6. The van der Waals surface area contributed by atoms with Crippen molar-refractivity contribution < 1.29 is 33.0 Å². The molecule has 1 aliphatic heterocycles. The molecule has 1 aromatic heterocycles. The summed E-state index contributed by atoms with van der Waals surface area (Å²) in [6.45, 7) is 3.11. The number of carboxylic acid groups (broad SMARTS) is 1. The van der Waals surface area contributed by atoms with Crippen LogP contribution in [0, 0.1) is 6.92 Å². The lowest BCUT2D eigenvalue weighted by atomic mass is 10.1. The average molecular weight is 440 g/mol. The van der Waals surface area contributed by atoms with Gasteiger partial charge in [-0.1, -0.05) is 29.8 Å². The molecule has 0 spiro atoms. The van der Waals surface area contributed by atoms with Crippen LogP contribution in [-0.2, 0) is 4.79 Å². The first-order valence-electron chi connectivity index (χ1n) is 9.46. The van der Waals surface area contributed by atoms with Gasteiger partial charge in [0.2, 0.25) is 0 Å². The van der Waals surface area contributed by atoms with E-state index >= 15 is 0 Å². The highest BCUT2D eigenvalue weighted by Crippen LogP contribution is 2.19. The third-order valence-corrected chi connectivity index (χ3v) is 4.47. The number of carbonyl (C=O) groups excluding carboxylic acids is 1. The lowest BCUT2D eigenvalue weighted by molar-refractivity contribution is -0.192. The maximum absolute atomic E-state index is 12.1. The van der Waals surface area contributed by atoms with Gasteiger partial charge in [0.15, 0.2) is 0 Å². The number of aromatic nitrogens is 2. The number of rotatable bonds is 5. The fraction of sp³-hybridized carbons (Fsp3) is 0.400. The predicted molar refractivity (Wildman–Crippen MR) is 104 cm³/mol. The van der Waals surface area contributed by atoms with E-state index in [1.807, 2.05) is 31.2 Å². The van der Waals surface area contributed by atoms with E-state index in [4.69, 9.17) is 9.90 Å². The summed E-state index contributed by atoms with van der Waals surface area (Å²) in [5.74, 6) is -2.32. The number of aliphatic hydroxyl groups excluding tert-OH is 1. The van der Waals surface area contributed by atoms with Gasteiger partial charge in [0.05, 0.1) is 17.7 Å². The van der Waals surface area contributed by atoms with Gasteiger partial charge < -0.3 is 20.8 Å². The summed E-state index contributed by atoms with van der Waals surface area (Å²) < 4.78 is 31.7. The molecule has 0 bridgehead atoms. The fourth-order valence-electron chi connectivity index (χ4n) is 2.74. The number of halogens is 3. The van der Waals surface area contributed by atoms with E-state index in [0.29, 0.717) is 5.56 Å². The van der Waals surface area contributed by atoms with E-state index in [0.717, 1.165) is 36.3 Å². The van der Waals surface area contributed by atoms with Gasteiger partial charge in [0.25, 0.3) is 5.91 Å². The molecular formula is C20H23F3N4O4. The minimum absolute atomic E-state index is 0.147. The Hall–Kier alpha value is -3.05. The summed E-state index contributed by atoms with van der Waals surface area (Å²) in [5, 5.41) is 23.3. The number of alkyl halides is 3. The van der Waals surface area contributed by atoms with Crippen LogP contribution in [0.1, 0.15) is 52.3 Å². The topological polar surface area (TPSA) is 124 Å². The third-order valence-electron chi connectivity index (χ3n) is 4.47. The van der Waals surface area contributed by atoms with Gasteiger partial charge in [-0.2, -0.15) is 13.2 Å². The van der Waals surface area contributed by atoms with Crippen molar-refractivity contribution >= 4 is 11.9 Å². The van der Waals surface area contributed by atoms with E-state index in [2.05, 4.69) is 20.6 Å². The van der Waals surface area contributed by atoms with Crippen molar-refractivity contribution in [2.45, 2.75) is 38.1 Å². The number of hydrogen-bond acceptors (Lipinski definition) is 6. The van der Waals surface area contributed by atoms with Crippen LogP contribution in [0.25, 0.3) is 0 Å². The first-order chi connectivity index (χ1) is 14.6. The van der Waals surface area contributed by atoms with Gasteiger partial charge in [-0.05, 0) is 31.9 Å². The molecule has 2 atom stereocenters. The highest BCUT2D eigenvalue weighted by atomic mass is 19.4. The number of carbonyl (C=O) groups is 2. The van der Waals surface area contributed by atoms with Crippen molar-refractivity contribution in [3.63, 3.8) is 0 Å². The highest BCUT2D eigenvalue weighted by Gasteiger charge is 2.38. The van der Waals surface area contributed by atoms with Crippen molar-refractivity contribution in [2.24, 2.45) is 0 Å². The Bertz CT molecular complexity index is 867. The molecule has 4 N–H and O–H groups in total. The average Bonchev–Trinajstić information content (AvgIpc) is 3.27. The SMILES string of the molecule is Cc1ccc(C(O)CNC(=O)c2cnc(C3CCCN3)nc2)cc1.O=C(O)C(F)(F)F. The second kappa shape index (κ2) is 10.8. The number of carboxylic acids is 1. The van der Waals surface area contributed by atoms with Crippen molar-refractivity contribution in [3.05, 3.63) is 59.2 Å². The van der Waals surface area contributed by atoms with Gasteiger partial charge in [-0.3, -0.25) is 4.79 Å². The number of aliphatic hydroxyl groups is 1. The van der Waals surface area contributed by atoms with Crippen molar-refractivity contribution in [3.8, 4) is 0 Å². The lowest BCUT2D eigenvalue weighted by Gasteiger charge is -2.13. The molecule has 1 aliphatic rings. The van der Waals surface area contributed by atoms with Gasteiger partial charge in [-0.15, -0.1) is 0 Å². The molecule has 1 saturated heterocycles. The Morgan fingerprint density at radius 2 is 1.81 bits per heavy atom. The summed E-state index contributed by atoms with van der Waals surface area (Å²) in [6, 6.07) is 7.77. The number of nitrogens with zero attached hydrogens (tertiary/aromatic N) is 2. The molecule has 168 valence electrons. The minimum Gasteiger partial charge on any atom is -0.475 e. The summed E-state index contributed by atoms with van der Waals surface area (Å²) in [6.07, 6.45) is -0.606. The second-order valence-corrected chi connectivity index (χ2v) is 6.92. The highest BCUT2D eigenvalue weighted by molar-refractivity contribution is 5.93. The molecule has 2 unspecified atom stereocenters. The molecule has 1 fully saturated rings. The molecular weight excluding hydrogens is 417 g/mol. The number of aliphatic carboxylic acids is 1. The van der Waals surface area contributed by atoms with Gasteiger partial charge in [0.1, 0.15) is 5.82 Å². The van der Waals surface area contributed by atoms with E-state index < -0.39 is 18.2 Å². The molecule has 2 heterocycles. The number of hydrogen-bond donors (Lipinski definition) is 4. The Labute approximate surface area is 176 Å². The molecule has 0 aliphatic carbocycles. The Morgan fingerprint density at radius 1 is 1.23 bits per heavy atom. The van der Waals surface area contributed by atoms with Gasteiger partial charge in [0, 0.05) is 18.9 Å². The van der Waals surface area contributed by atoms with E-state index in [1.165, 1.54) is 12.4 Å². The van der Waals surface area contributed by atoms with Gasteiger partial charge in [-0.25, -0.2) is 14.8 Å². The van der Waals surface area contributed by atoms with Crippen LogP contribution in [-0.4, -0.2) is 51.3 Å². The Kier molecular flexibility index (Phi) is 8.46. The van der Waals surface area contributed by atoms with Crippen LogP contribution in [0.2, 0.25) is 0 Å². The molecule has 1 amide bonds. The molecule has 1 aromatic carbocycles. The largest absolute Gasteiger partial charge is 0.490 e. The zero-order chi connectivity index (χ0) is 23.0. The van der Waals surface area contributed by atoms with Crippen LogP contribution >= 0.6 is 0 Å². The first-order valence-corrected chi connectivity index (χ1v) is 9.46. The van der Waals surface area contributed by atoms with Crippen LogP contribution in [0.15, 0.2) is 36.7 Å². The molecule has 11 heteroatoms. The molecule has 0 saturated carbocycles. The number of aryl methyl sites for hydroxylation is 1. The quantitative estimate of drug-likeness (QED) is 0.562. The number of amides is 1. The predicted octanol–water partition coefficient (Wildman–Crippen LogP) is 2.31. The summed E-state index contributed by atoms with van der Waals surface area (Å²) in [7, 11) is 0. The maximum atomic E-state index is 12.1. The van der Waals surface area contributed by atoms with E-state index in [-0.39, 0.29) is 18.5 Å².